The molecule has 0 radical (unpaired) electrons. The fourth-order valence-corrected chi connectivity index (χ4v) is 1.54. The molecule has 1 aromatic heterocycles. The first-order valence-corrected chi connectivity index (χ1v) is 6.03. The first-order chi connectivity index (χ1) is 8.93. The molecule has 0 aliphatic rings. The number of hydrogen-bond acceptors (Lipinski definition) is 3. The number of nitrogens with zero attached hydrogens (tertiary/aromatic N) is 3. The molecule has 1 unspecified atom stereocenters. The lowest BCUT2D eigenvalue weighted by Crippen LogP contribution is -2.46. The van der Waals surface area contributed by atoms with E-state index in [2.05, 4.69) is 4.98 Å². The van der Waals surface area contributed by atoms with Crippen molar-refractivity contribution in [1.29, 1.82) is 0 Å². The van der Waals surface area contributed by atoms with Crippen LogP contribution in [0.15, 0.2) is 24.5 Å². The molecule has 0 saturated heterocycles. The lowest BCUT2D eigenvalue weighted by molar-refractivity contribution is -0.141. The minimum atomic E-state index is -1.02. The Morgan fingerprint density at radius 3 is 2.42 bits per heavy atom. The predicted octanol–water partition coefficient (Wildman–Crippen LogP) is 1.08. The summed E-state index contributed by atoms with van der Waals surface area (Å²) in [6, 6.07) is 2.64. The van der Waals surface area contributed by atoms with Gasteiger partial charge >= 0.3 is 12.0 Å². The number of carbonyl (C=O) groups excluding carboxylic acids is 1. The Morgan fingerprint density at radius 1 is 1.32 bits per heavy atom. The maximum absolute atomic E-state index is 12.0. The smallest absolute Gasteiger partial charge is 0.326 e. The van der Waals surface area contributed by atoms with Crippen LogP contribution < -0.4 is 0 Å². The predicted molar refractivity (Wildman–Crippen MR) is 70.8 cm³/mol. The molecule has 1 heterocycles. The second-order valence-corrected chi connectivity index (χ2v) is 4.43. The molecular weight excluding hydrogens is 246 g/mol. The summed E-state index contributed by atoms with van der Waals surface area (Å²) in [5, 5.41) is 8.87. The Bertz CT molecular complexity index is 436. The number of carboxylic acids is 1. The van der Waals surface area contributed by atoms with Crippen LogP contribution in [0, 0.1) is 0 Å². The van der Waals surface area contributed by atoms with Crippen LogP contribution in [0.4, 0.5) is 4.79 Å². The number of rotatable bonds is 5. The molecule has 104 valence electrons. The number of pyridine rings is 1. The molecule has 0 bridgehead atoms. The minimum Gasteiger partial charge on any atom is -0.480 e. The normalized spacial score (nSPS) is 11.7. The van der Waals surface area contributed by atoms with Gasteiger partial charge in [-0.05, 0) is 31.0 Å². The van der Waals surface area contributed by atoms with Crippen molar-refractivity contribution in [3.8, 4) is 0 Å². The highest BCUT2D eigenvalue weighted by Crippen LogP contribution is 2.04. The molecule has 0 aliphatic heterocycles. The van der Waals surface area contributed by atoms with E-state index in [1.807, 2.05) is 12.1 Å². The molecule has 1 atom stereocenters. The molecule has 1 rings (SSSR count). The number of carboxylic acid groups (broad SMARTS) is 1. The van der Waals surface area contributed by atoms with Crippen LogP contribution in [-0.2, 0) is 11.2 Å². The van der Waals surface area contributed by atoms with Crippen molar-refractivity contribution in [1.82, 2.24) is 14.8 Å². The van der Waals surface area contributed by atoms with Gasteiger partial charge in [0.25, 0.3) is 0 Å². The summed E-state index contributed by atoms with van der Waals surface area (Å²) < 4.78 is 0. The van der Waals surface area contributed by atoms with E-state index in [0.29, 0.717) is 13.0 Å². The molecule has 6 nitrogen and oxygen atoms in total. The van der Waals surface area contributed by atoms with Crippen molar-refractivity contribution in [2.24, 2.45) is 0 Å². The highest BCUT2D eigenvalue weighted by Gasteiger charge is 2.23. The molecule has 6 heteroatoms. The van der Waals surface area contributed by atoms with Gasteiger partial charge in [0.1, 0.15) is 6.04 Å². The van der Waals surface area contributed by atoms with Crippen molar-refractivity contribution in [3.63, 3.8) is 0 Å². The lowest BCUT2D eigenvalue weighted by Gasteiger charge is -2.27. The summed E-state index contributed by atoms with van der Waals surface area (Å²) in [6.45, 7) is 2.01. The zero-order valence-electron chi connectivity index (χ0n) is 11.4. The zero-order valence-corrected chi connectivity index (χ0v) is 11.4. The van der Waals surface area contributed by atoms with E-state index in [-0.39, 0.29) is 6.03 Å². The number of hydrogen-bond donors (Lipinski definition) is 1. The van der Waals surface area contributed by atoms with Crippen molar-refractivity contribution in [2.75, 3.05) is 20.6 Å². The minimum absolute atomic E-state index is 0.302. The van der Waals surface area contributed by atoms with E-state index in [0.717, 1.165) is 5.56 Å². The maximum atomic E-state index is 12.0. The first kappa shape index (κ1) is 14.9. The Labute approximate surface area is 112 Å². The van der Waals surface area contributed by atoms with E-state index in [4.69, 9.17) is 5.11 Å². The molecule has 0 aliphatic carbocycles. The summed E-state index contributed by atoms with van der Waals surface area (Å²) >= 11 is 0. The van der Waals surface area contributed by atoms with Crippen molar-refractivity contribution < 1.29 is 14.7 Å². The van der Waals surface area contributed by atoms with Crippen LogP contribution in [0.3, 0.4) is 0 Å². The molecule has 19 heavy (non-hydrogen) atoms. The van der Waals surface area contributed by atoms with E-state index in [1.165, 1.54) is 23.8 Å². The Balaban J connectivity index is 2.51. The molecule has 1 aromatic rings. The van der Waals surface area contributed by atoms with Gasteiger partial charge in [0.15, 0.2) is 0 Å². The van der Waals surface area contributed by atoms with Gasteiger partial charge in [-0.15, -0.1) is 0 Å². The number of likely N-dealkylation sites (N-methyl/N-ethyl adjacent to an activating group) is 2. The van der Waals surface area contributed by atoms with Crippen molar-refractivity contribution in [2.45, 2.75) is 19.4 Å². The summed E-state index contributed by atoms with van der Waals surface area (Å²) in [5.41, 5.74) is 1.09. The van der Waals surface area contributed by atoms with Gasteiger partial charge in [0, 0.05) is 33.0 Å². The lowest BCUT2D eigenvalue weighted by atomic mass is 10.2. The van der Waals surface area contributed by atoms with Crippen molar-refractivity contribution >= 4 is 12.0 Å². The Morgan fingerprint density at radius 2 is 1.89 bits per heavy atom. The molecule has 0 spiro atoms. The van der Waals surface area contributed by atoms with E-state index in [9.17, 15) is 9.59 Å². The maximum Gasteiger partial charge on any atom is 0.326 e. The second kappa shape index (κ2) is 6.72. The quantitative estimate of drug-likeness (QED) is 0.864. The average molecular weight is 265 g/mol. The van der Waals surface area contributed by atoms with Gasteiger partial charge < -0.3 is 14.9 Å². The highest BCUT2D eigenvalue weighted by atomic mass is 16.4. The number of aromatic nitrogens is 1. The summed E-state index contributed by atoms with van der Waals surface area (Å²) in [4.78, 5) is 29.5. The van der Waals surface area contributed by atoms with Crippen LogP contribution in [0.5, 0.6) is 0 Å². The SMILES string of the molecule is CC(C(=O)O)N(C)C(=O)N(C)CCc1ccncc1. The van der Waals surface area contributed by atoms with Crippen molar-refractivity contribution in [3.05, 3.63) is 30.1 Å². The molecule has 0 fully saturated rings. The molecule has 2 amide bonds. The average Bonchev–Trinajstić information content (AvgIpc) is 2.43. The fourth-order valence-electron chi connectivity index (χ4n) is 1.54. The van der Waals surface area contributed by atoms with Crippen LogP contribution in [0.1, 0.15) is 12.5 Å². The third-order valence-electron chi connectivity index (χ3n) is 3.05. The zero-order chi connectivity index (χ0) is 14.4. The topological polar surface area (TPSA) is 73.7 Å². The number of urea groups is 1. The van der Waals surface area contributed by atoms with Crippen LogP contribution >= 0.6 is 0 Å². The number of carbonyl (C=O) groups is 2. The largest absolute Gasteiger partial charge is 0.480 e. The monoisotopic (exact) mass is 265 g/mol. The summed E-state index contributed by atoms with van der Waals surface area (Å²) in [7, 11) is 3.15. The third kappa shape index (κ3) is 4.24. The highest BCUT2D eigenvalue weighted by molar-refractivity contribution is 5.82. The van der Waals surface area contributed by atoms with Gasteiger partial charge in [-0.2, -0.15) is 0 Å². The van der Waals surface area contributed by atoms with Gasteiger partial charge in [0.2, 0.25) is 0 Å². The van der Waals surface area contributed by atoms with E-state index < -0.39 is 12.0 Å². The van der Waals surface area contributed by atoms with E-state index >= 15 is 0 Å². The van der Waals surface area contributed by atoms with E-state index in [1.54, 1.807) is 19.4 Å². The molecular formula is C13H19N3O3. The number of aliphatic carboxylic acids is 1. The standard InChI is InChI=1S/C13H19N3O3/c1-10(12(17)18)16(3)13(19)15(2)9-6-11-4-7-14-8-5-11/h4-5,7-8,10H,6,9H2,1-3H3,(H,17,18). The van der Waals surface area contributed by atoms with Crippen LogP contribution in [-0.4, -0.2) is 58.6 Å². The van der Waals surface area contributed by atoms with Gasteiger partial charge in [-0.25, -0.2) is 9.59 Å². The fraction of sp³-hybridized carbons (Fsp3) is 0.462. The number of amides is 2. The molecule has 0 saturated carbocycles. The molecule has 0 aromatic carbocycles. The summed E-state index contributed by atoms with van der Waals surface area (Å²) in [5.74, 6) is -1.02. The van der Waals surface area contributed by atoms with Gasteiger partial charge in [-0.1, -0.05) is 0 Å². The Kier molecular flexibility index (Phi) is 5.29. The third-order valence-corrected chi connectivity index (χ3v) is 3.05. The van der Waals surface area contributed by atoms with Crippen LogP contribution in [0.2, 0.25) is 0 Å². The summed E-state index contributed by atoms with van der Waals surface area (Å²) in [6.07, 6.45) is 4.12. The Hall–Kier alpha value is -2.11. The molecule has 1 N–H and O–H groups in total. The van der Waals surface area contributed by atoms with Gasteiger partial charge in [0.05, 0.1) is 0 Å². The second-order valence-electron chi connectivity index (χ2n) is 4.43. The van der Waals surface area contributed by atoms with Gasteiger partial charge in [-0.3, -0.25) is 4.98 Å². The van der Waals surface area contributed by atoms with Crippen LogP contribution in [0.25, 0.3) is 0 Å². The first-order valence-electron chi connectivity index (χ1n) is 6.03.